The number of rotatable bonds is 5. The van der Waals surface area contributed by atoms with Crippen molar-refractivity contribution in [1.29, 1.82) is 0 Å². The number of anilines is 2. The molecule has 5 heteroatoms. The van der Waals surface area contributed by atoms with E-state index in [1.165, 1.54) is 0 Å². The SMILES string of the molecule is C=C(C)CN1C(=O)C(C)Oc2cc(NC(=O)CCC)ccc21. The molecule has 5 nitrogen and oxygen atoms in total. The Kier molecular flexibility index (Phi) is 4.85. The van der Waals surface area contributed by atoms with Crippen LogP contribution in [0, 0.1) is 0 Å². The van der Waals surface area contributed by atoms with Crippen LogP contribution in [0.2, 0.25) is 0 Å². The zero-order valence-corrected chi connectivity index (χ0v) is 13.3. The standard InChI is InChI=1S/C17H22N2O3/c1-5-6-16(20)18-13-7-8-14-15(9-13)22-12(4)17(21)19(14)10-11(2)3/h7-9,12H,2,5-6,10H2,1,3-4H3,(H,18,20). The number of amides is 2. The third-order valence-electron chi connectivity index (χ3n) is 3.36. The lowest BCUT2D eigenvalue weighted by molar-refractivity contribution is -0.125. The fraction of sp³-hybridized carbons (Fsp3) is 0.412. The van der Waals surface area contributed by atoms with E-state index in [1.54, 1.807) is 30.0 Å². The molecule has 0 saturated carbocycles. The number of hydrogen-bond acceptors (Lipinski definition) is 3. The van der Waals surface area contributed by atoms with Crippen LogP contribution in [-0.4, -0.2) is 24.5 Å². The van der Waals surface area contributed by atoms with E-state index >= 15 is 0 Å². The smallest absolute Gasteiger partial charge is 0.268 e. The number of nitrogens with zero attached hydrogens (tertiary/aromatic N) is 1. The van der Waals surface area contributed by atoms with Gasteiger partial charge in [-0.3, -0.25) is 9.59 Å². The summed E-state index contributed by atoms with van der Waals surface area (Å²) < 4.78 is 5.67. The van der Waals surface area contributed by atoms with Gasteiger partial charge in [0.15, 0.2) is 6.10 Å². The van der Waals surface area contributed by atoms with Gasteiger partial charge in [0.05, 0.1) is 5.69 Å². The summed E-state index contributed by atoms with van der Waals surface area (Å²) in [6, 6.07) is 5.34. The molecule has 0 radical (unpaired) electrons. The lowest BCUT2D eigenvalue weighted by Gasteiger charge is -2.33. The van der Waals surface area contributed by atoms with E-state index in [9.17, 15) is 9.59 Å². The maximum atomic E-state index is 12.3. The third-order valence-corrected chi connectivity index (χ3v) is 3.36. The molecule has 1 N–H and O–H groups in total. The van der Waals surface area contributed by atoms with Crippen LogP contribution in [0.1, 0.15) is 33.6 Å². The number of fused-ring (bicyclic) bond motifs is 1. The van der Waals surface area contributed by atoms with Crippen LogP contribution in [0.15, 0.2) is 30.4 Å². The normalized spacial score (nSPS) is 16.8. The molecule has 1 heterocycles. The van der Waals surface area contributed by atoms with E-state index in [-0.39, 0.29) is 11.8 Å². The Morgan fingerprint density at radius 2 is 2.18 bits per heavy atom. The van der Waals surface area contributed by atoms with E-state index < -0.39 is 6.10 Å². The van der Waals surface area contributed by atoms with Crippen LogP contribution in [0.4, 0.5) is 11.4 Å². The first-order valence-electron chi connectivity index (χ1n) is 7.48. The minimum Gasteiger partial charge on any atom is -0.479 e. The predicted molar refractivity (Wildman–Crippen MR) is 87.2 cm³/mol. The fourth-order valence-electron chi connectivity index (χ4n) is 2.37. The summed E-state index contributed by atoms with van der Waals surface area (Å²) in [4.78, 5) is 25.6. The number of carbonyl (C=O) groups excluding carboxylic acids is 2. The van der Waals surface area contributed by atoms with E-state index in [1.807, 2.05) is 13.8 Å². The van der Waals surface area contributed by atoms with Crippen molar-refractivity contribution in [1.82, 2.24) is 0 Å². The summed E-state index contributed by atoms with van der Waals surface area (Å²) in [6.07, 6.45) is 0.730. The Morgan fingerprint density at radius 1 is 1.45 bits per heavy atom. The summed E-state index contributed by atoms with van der Waals surface area (Å²) in [6.45, 7) is 9.89. The van der Waals surface area contributed by atoms with Crippen molar-refractivity contribution in [2.24, 2.45) is 0 Å². The largest absolute Gasteiger partial charge is 0.479 e. The van der Waals surface area contributed by atoms with Crippen LogP contribution in [0.5, 0.6) is 5.75 Å². The van der Waals surface area contributed by atoms with Gasteiger partial charge in [-0.25, -0.2) is 0 Å². The highest BCUT2D eigenvalue weighted by atomic mass is 16.5. The zero-order chi connectivity index (χ0) is 16.3. The van der Waals surface area contributed by atoms with Crippen molar-refractivity contribution in [2.75, 3.05) is 16.8 Å². The fourth-order valence-corrected chi connectivity index (χ4v) is 2.37. The average molecular weight is 302 g/mol. The van der Waals surface area contributed by atoms with E-state index in [0.29, 0.717) is 30.1 Å². The van der Waals surface area contributed by atoms with Gasteiger partial charge < -0.3 is 15.0 Å². The van der Waals surface area contributed by atoms with Crippen LogP contribution >= 0.6 is 0 Å². The van der Waals surface area contributed by atoms with Gasteiger partial charge in [-0.15, -0.1) is 0 Å². The topological polar surface area (TPSA) is 58.6 Å². The molecular weight excluding hydrogens is 280 g/mol. The molecule has 0 aromatic heterocycles. The Labute approximate surface area is 130 Å². The maximum absolute atomic E-state index is 12.3. The van der Waals surface area contributed by atoms with Crippen molar-refractivity contribution < 1.29 is 14.3 Å². The summed E-state index contributed by atoms with van der Waals surface area (Å²) in [5.41, 5.74) is 2.28. The lowest BCUT2D eigenvalue weighted by Crippen LogP contribution is -2.45. The molecule has 118 valence electrons. The first-order chi connectivity index (χ1) is 10.4. The van der Waals surface area contributed by atoms with E-state index in [0.717, 1.165) is 12.0 Å². The second-order valence-corrected chi connectivity index (χ2v) is 5.62. The summed E-state index contributed by atoms with van der Waals surface area (Å²) >= 11 is 0. The molecule has 0 saturated heterocycles. The lowest BCUT2D eigenvalue weighted by atomic mass is 10.1. The van der Waals surface area contributed by atoms with Gasteiger partial charge in [-0.05, 0) is 32.4 Å². The summed E-state index contributed by atoms with van der Waals surface area (Å²) in [7, 11) is 0. The van der Waals surface area contributed by atoms with Gasteiger partial charge in [0.25, 0.3) is 5.91 Å². The van der Waals surface area contributed by atoms with Crippen molar-refractivity contribution >= 4 is 23.2 Å². The molecule has 1 aliphatic heterocycles. The quantitative estimate of drug-likeness (QED) is 0.850. The molecule has 0 fully saturated rings. The van der Waals surface area contributed by atoms with Gasteiger partial charge in [0, 0.05) is 24.7 Å². The molecule has 0 aliphatic carbocycles. The maximum Gasteiger partial charge on any atom is 0.268 e. The predicted octanol–water partition coefficient (Wildman–Crippen LogP) is 3.12. The minimum absolute atomic E-state index is 0.0267. The zero-order valence-electron chi connectivity index (χ0n) is 13.3. The van der Waals surface area contributed by atoms with E-state index in [2.05, 4.69) is 11.9 Å². The highest BCUT2D eigenvalue weighted by Crippen LogP contribution is 2.36. The molecule has 22 heavy (non-hydrogen) atoms. The molecular formula is C17H22N2O3. The number of ether oxygens (including phenoxy) is 1. The highest BCUT2D eigenvalue weighted by molar-refractivity contribution is 6.01. The molecule has 2 amide bonds. The number of carbonyl (C=O) groups is 2. The molecule has 0 spiro atoms. The second-order valence-electron chi connectivity index (χ2n) is 5.62. The monoisotopic (exact) mass is 302 g/mol. The molecule has 1 unspecified atom stereocenters. The number of benzene rings is 1. The number of nitrogens with one attached hydrogen (secondary N) is 1. The molecule has 2 rings (SSSR count). The van der Waals surface area contributed by atoms with Crippen LogP contribution in [-0.2, 0) is 9.59 Å². The van der Waals surface area contributed by atoms with Crippen molar-refractivity contribution in [2.45, 2.75) is 39.7 Å². The molecule has 1 aromatic rings. The van der Waals surface area contributed by atoms with Gasteiger partial charge >= 0.3 is 0 Å². The third kappa shape index (κ3) is 3.47. The van der Waals surface area contributed by atoms with Gasteiger partial charge in [0.2, 0.25) is 5.91 Å². The Balaban J connectivity index is 2.28. The molecule has 1 atom stereocenters. The summed E-state index contributed by atoms with van der Waals surface area (Å²) in [5, 5.41) is 2.83. The second kappa shape index (κ2) is 6.64. The number of hydrogen-bond donors (Lipinski definition) is 1. The van der Waals surface area contributed by atoms with Crippen LogP contribution in [0.3, 0.4) is 0 Å². The highest BCUT2D eigenvalue weighted by Gasteiger charge is 2.31. The molecule has 1 aliphatic rings. The van der Waals surface area contributed by atoms with Crippen molar-refractivity contribution in [3.05, 3.63) is 30.4 Å². The molecule has 1 aromatic carbocycles. The first-order valence-corrected chi connectivity index (χ1v) is 7.48. The van der Waals surface area contributed by atoms with Crippen LogP contribution < -0.4 is 15.0 Å². The van der Waals surface area contributed by atoms with Crippen molar-refractivity contribution in [3.63, 3.8) is 0 Å². The molecule has 0 bridgehead atoms. The Hall–Kier alpha value is -2.30. The van der Waals surface area contributed by atoms with Gasteiger partial charge in [-0.1, -0.05) is 19.1 Å². The minimum atomic E-state index is -0.548. The Morgan fingerprint density at radius 3 is 2.82 bits per heavy atom. The van der Waals surface area contributed by atoms with Gasteiger partial charge in [-0.2, -0.15) is 0 Å². The average Bonchev–Trinajstić information content (AvgIpc) is 2.43. The van der Waals surface area contributed by atoms with Gasteiger partial charge in [0.1, 0.15) is 5.75 Å². The van der Waals surface area contributed by atoms with Crippen LogP contribution in [0.25, 0.3) is 0 Å². The first kappa shape index (κ1) is 16.1. The van der Waals surface area contributed by atoms with Crippen molar-refractivity contribution in [3.8, 4) is 5.75 Å². The van der Waals surface area contributed by atoms with E-state index in [4.69, 9.17) is 4.74 Å². The Bertz CT molecular complexity index is 610. The summed E-state index contributed by atoms with van der Waals surface area (Å²) in [5.74, 6) is 0.488.